The van der Waals surface area contributed by atoms with E-state index in [4.69, 9.17) is 0 Å². The largest absolute Gasteiger partial charge is 0.352 e. The minimum absolute atomic E-state index is 0.0324. The first-order valence-electron chi connectivity index (χ1n) is 6.25. The Balaban J connectivity index is 2.44. The van der Waals surface area contributed by atoms with Gasteiger partial charge in [-0.1, -0.05) is 50.1 Å². The van der Waals surface area contributed by atoms with E-state index in [9.17, 15) is 4.79 Å². The number of hydrogen-bond donors (Lipinski definition) is 1. The lowest BCUT2D eigenvalue weighted by atomic mass is 10.1. The molecular formula is C15H21NO. The minimum atomic E-state index is 0.0324. The van der Waals surface area contributed by atoms with Gasteiger partial charge in [0.05, 0.1) is 0 Å². The van der Waals surface area contributed by atoms with Crippen molar-refractivity contribution in [2.45, 2.75) is 33.1 Å². The molecule has 0 saturated heterocycles. The van der Waals surface area contributed by atoms with Crippen LogP contribution < -0.4 is 5.32 Å². The molecule has 1 aromatic rings. The number of nitrogens with one attached hydrogen (secondary N) is 1. The molecule has 0 unspecified atom stereocenters. The molecule has 0 bridgehead atoms. The summed E-state index contributed by atoms with van der Waals surface area (Å²) in [4.78, 5) is 11.7. The molecule has 0 aliphatic heterocycles. The van der Waals surface area contributed by atoms with Crippen LogP contribution in [0.3, 0.4) is 0 Å². The molecule has 0 aromatic heterocycles. The number of amides is 1. The van der Waals surface area contributed by atoms with Gasteiger partial charge in [0.15, 0.2) is 0 Å². The zero-order chi connectivity index (χ0) is 12.5. The quantitative estimate of drug-likeness (QED) is 0.590. The standard InChI is InChI=1S/C15H21NO/c1-3-4-8-11-16-15(17)13(2)12-14-9-6-5-7-10-14/h5-7,9-10,12H,3-4,8,11H2,1-2H3,(H,16,17)/b13-12+. The molecule has 92 valence electrons. The topological polar surface area (TPSA) is 29.1 Å². The van der Waals surface area contributed by atoms with Gasteiger partial charge in [0, 0.05) is 12.1 Å². The summed E-state index contributed by atoms with van der Waals surface area (Å²) in [6.45, 7) is 4.77. The summed E-state index contributed by atoms with van der Waals surface area (Å²) in [7, 11) is 0. The first kappa shape index (κ1) is 13.5. The smallest absolute Gasteiger partial charge is 0.246 e. The van der Waals surface area contributed by atoms with Crippen LogP contribution in [0.2, 0.25) is 0 Å². The Kier molecular flexibility index (Phi) is 6.08. The molecule has 0 spiro atoms. The van der Waals surface area contributed by atoms with E-state index in [0.29, 0.717) is 0 Å². The van der Waals surface area contributed by atoms with Gasteiger partial charge < -0.3 is 5.32 Å². The first-order chi connectivity index (χ1) is 8.24. The molecule has 0 radical (unpaired) electrons. The van der Waals surface area contributed by atoms with E-state index < -0.39 is 0 Å². The maximum Gasteiger partial charge on any atom is 0.246 e. The number of carbonyl (C=O) groups excluding carboxylic acids is 1. The van der Waals surface area contributed by atoms with Gasteiger partial charge in [-0.05, 0) is 25.0 Å². The Bertz CT molecular complexity index is 368. The van der Waals surface area contributed by atoms with Gasteiger partial charge in [-0.25, -0.2) is 0 Å². The lowest BCUT2D eigenvalue weighted by Crippen LogP contribution is -2.24. The summed E-state index contributed by atoms with van der Waals surface area (Å²) in [6.07, 6.45) is 5.31. The monoisotopic (exact) mass is 231 g/mol. The van der Waals surface area contributed by atoms with E-state index in [1.54, 1.807) is 0 Å². The van der Waals surface area contributed by atoms with E-state index in [1.807, 2.05) is 43.3 Å². The van der Waals surface area contributed by atoms with Crippen molar-refractivity contribution in [2.24, 2.45) is 0 Å². The highest BCUT2D eigenvalue weighted by atomic mass is 16.1. The van der Waals surface area contributed by atoms with Crippen molar-refractivity contribution in [3.8, 4) is 0 Å². The van der Waals surface area contributed by atoms with Crippen LogP contribution in [-0.2, 0) is 4.79 Å². The predicted octanol–water partition coefficient (Wildman–Crippen LogP) is 3.40. The van der Waals surface area contributed by atoms with Crippen molar-refractivity contribution in [1.82, 2.24) is 5.32 Å². The predicted molar refractivity (Wildman–Crippen MR) is 72.6 cm³/mol. The summed E-state index contributed by atoms with van der Waals surface area (Å²) in [5, 5.41) is 2.93. The molecule has 2 heteroatoms. The van der Waals surface area contributed by atoms with E-state index >= 15 is 0 Å². The second kappa shape index (κ2) is 7.66. The van der Waals surface area contributed by atoms with Gasteiger partial charge in [0.1, 0.15) is 0 Å². The summed E-state index contributed by atoms with van der Waals surface area (Å²) >= 11 is 0. The van der Waals surface area contributed by atoms with Crippen LogP contribution >= 0.6 is 0 Å². The minimum Gasteiger partial charge on any atom is -0.352 e. The second-order valence-corrected chi connectivity index (χ2v) is 4.20. The second-order valence-electron chi connectivity index (χ2n) is 4.20. The Labute approximate surface area is 104 Å². The van der Waals surface area contributed by atoms with E-state index in [0.717, 1.165) is 24.1 Å². The Hall–Kier alpha value is -1.57. The lowest BCUT2D eigenvalue weighted by Gasteiger charge is -2.04. The molecule has 1 rings (SSSR count). The number of benzene rings is 1. The Morgan fingerprint density at radius 2 is 1.94 bits per heavy atom. The van der Waals surface area contributed by atoms with E-state index in [2.05, 4.69) is 12.2 Å². The third kappa shape index (κ3) is 5.34. The van der Waals surface area contributed by atoms with Crippen molar-refractivity contribution in [1.29, 1.82) is 0 Å². The van der Waals surface area contributed by atoms with Gasteiger partial charge in [-0.3, -0.25) is 4.79 Å². The van der Waals surface area contributed by atoms with Gasteiger partial charge in [-0.15, -0.1) is 0 Å². The van der Waals surface area contributed by atoms with Crippen LogP contribution in [0, 0.1) is 0 Å². The maximum absolute atomic E-state index is 11.7. The Morgan fingerprint density at radius 1 is 1.24 bits per heavy atom. The van der Waals surface area contributed by atoms with E-state index in [1.165, 1.54) is 12.8 Å². The molecule has 1 aromatic carbocycles. The van der Waals surface area contributed by atoms with Crippen LogP contribution in [0.1, 0.15) is 38.7 Å². The van der Waals surface area contributed by atoms with Crippen molar-refractivity contribution >= 4 is 12.0 Å². The van der Waals surface area contributed by atoms with Gasteiger partial charge in [0.25, 0.3) is 0 Å². The molecule has 0 atom stereocenters. The fraction of sp³-hybridized carbons (Fsp3) is 0.400. The van der Waals surface area contributed by atoms with E-state index in [-0.39, 0.29) is 5.91 Å². The highest BCUT2D eigenvalue weighted by Gasteiger charge is 2.02. The normalized spacial score (nSPS) is 11.3. The first-order valence-corrected chi connectivity index (χ1v) is 6.25. The molecule has 17 heavy (non-hydrogen) atoms. The summed E-state index contributed by atoms with van der Waals surface area (Å²) in [5.74, 6) is 0.0324. The van der Waals surface area contributed by atoms with Crippen LogP contribution in [0.4, 0.5) is 0 Å². The summed E-state index contributed by atoms with van der Waals surface area (Å²) in [5.41, 5.74) is 1.82. The van der Waals surface area contributed by atoms with Crippen molar-refractivity contribution in [3.63, 3.8) is 0 Å². The SMILES string of the molecule is CCCCCNC(=O)/C(C)=C/c1ccccc1. The van der Waals surface area contributed by atoms with Crippen molar-refractivity contribution in [3.05, 3.63) is 41.5 Å². The fourth-order valence-electron chi connectivity index (χ4n) is 1.58. The molecule has 0 saturated carbocycles. The Morgan fingerprint density at radius 3 is 2.59 bits per heavy atom. The molecule has 0 fully saturated rings. The average molecular weight is 231 g/mol. The van der Waals surface area contributed by atoms with Crippen molar-refractivity contribution < 1.29 is 4.79 Å². The third-order valence-electron chi connectivity index (χ3n) is 2.61. The maximum atomic E-state index is 11.7. The van der Waals surface area contributed by atoms with Crippen LogP contribution in [0.5, 0.6) is 0 Å². The van der Waals surface area contributed by atoms with Crippen molar-refractivity contribution in [2.75, 3.05) is 6.54 Å². The number of carbonyl (C=O) groups is 1. The van der Waals surface area contributed by atoms with Crippen LogP contribution in [0.25, 0.3) is 6.08 Å². The molecule has 0 aliphatic carbocycles. The fourth-order valence-corrected chi connectivity index (χ4v) is 1.58. The molecule has 0 heterocycles. The number of rotatable bonds is 6. The molecule has 0 aliphatic rings. The average Bonchev–Trinajstić information content (AvgIpc) is 2.35. The summed E-state index contributed by atoms with van der Waals surface area (Å²) < 4.78 is 0. The van der Waals surface area contributed by atoms with Gasteiger partial charge in [0.2, 0.25) is 5.91 Å². The molecule has 1 amide bonds. The molecular weight excluding hydrogens is 210 g/mol. The zero-order valence-electron chi connectivity index (χ0n) is 10.7. The van der Waals surface area contributed by atoms with Crippen LogP contribution in [0.15, 0.2) is 35.9 Å². The lowest BCUT2D eigenvalue weighted by molar-refractivity contribution is -0.117. The van der Waals surface area contributed by atoms with Crippen LogP contribution in [-0.4, -0.2) is 12.5 Å². The molecule has 1 N–H and O–H groups in total. The summed E-state index contributed by atoms with van der Waals surface area (Å²) in [6, 6.07) is 9.90. The number of unbranched alkanes of at least 4 members (excludes halogenated alkanes) is 2. The number of hydrogen-bond acceptors (Lipinski definition) is 1. The molecule has 2 nitrogen and oxygen atoms in total. The third-order valence-corrected chi connectivity index (χ3v) is 2.61. The van der Waals surface area contributed by atoms with Gasteiger partial charge >= 0.3 is 0 Å². The highest BCUT2D eigenvalue weighted by Crippen LogP contribution is 2.06. The van der Waals surface area contributed by atoms with Gasteiger partial charge in [-0.2, -0.15) is 0 Å². The highest BCUT2D eigenvalue weighted by molar-refractivity contribution is 5.97. The zero-order valence-corrected chi connectivity index (χ0v) is 10.7.